The van der Waals surface area contributed by atoms with Crippen molar-refractivity contribution >= 4 is 11.7 Å². The molecule has 1 aromatic carbocycles. The Morgan fingerprint density at radius 3 is 2.42 bits per heavy atom. The van der Waals surface area contributed by atoms with Crippen LogP contribution in [0.1, 0.15) is 13.8 Å². The quantitative estimate of drug-likeness (QED) is 0.845. The van der Waals surface area contributed by atoms with Crippen molar-refractivity contribution in [2.75, 3.05) is 12.0 Å². The van der Waals surface area contributed by atoms with Crippen molar-refractivity contribution in [1.29, 1.82) is 0 Å². The maximum atomic E-state index is 13.9. The Bertz CT molecular complexity index is 665. The lowest BCUT2D eigenvalue weighted by atomic mass is 9.96. The summed E-state index contributed by atoms with van der Waals surface area (Å²) >= 11 is 0. The highest BCUT2D eigenvalue weighted by Crippen LogP contribution is 2.48. The smallest absolute Gasteiger partial charge is 0.419 e. The Labute approximate surface area is 133 Å². The highest BCUT2D eigenvalue weighted by molar-refractivity contribution is 5.79. The molecule has 1 unspecified atom stereocenters. The van der Waals surface area contributed by atoms with Crippen LogP contribution >= 0.6 is 0 Å². The lowest BCUT2D eigenvalue weighted by molar-refractivity contribution is -0.266. The number of carboxylic acid groups (broad SMARTS) is 1. The topological polar surface area (TPSA) is 59.0 Å². The van der Waals surface area contributed by atoms with Gasteiger partial charge in [0.15, 0.2) is 17.2 Å². The number of nitrogens with zero attached hydrogens (tertiary/aromatic N) is 1. The van der Waals surface area contributed by atoms with Gasteiger partial charge in [-0.1, -0.05) is 0 Å². The van der Waals surface area contributed by atoms with Crippen molar-refractivity contribution < 1.29 is 41.3 Å². The molecule has 0 aliphatic carbocycles. The van der Waals surface area contributed by atoms with Gasteiger partial charge in [0.2, 0.25) is 12.0 Å². The number of methoxy groups -OCH3 is 1. The van der Waals surface area contributed by atoms with Gasteiger partial charge in [0, 0.05) is 0 Å². The number of halogens is 5. The Hall–Kier alpha value is -2.10. The average Bonchev–Trinajstić information content (AvgIpc) is 2.75. The molecule has 1 aromatic rings. The maximum Gasteiger partial charge on any atom is 0.419 e. The van der Waals surface area contributed by atoms with Crippen molar-refractivity contribution in [3.63, 3.8) is 0 Å². The molecule has 134 valence electrons. The molecule has 0 spiro atoms. The first-order chi connectivity index (χ1) is 11.0. The van der Waals surface area contributed by atoms with Crippen molar-refractivity contribution in [2.45, 2.75) is 37.9 Å². The molecule has 1 aliphatic rings. The lowest BCUT2D eigenvalue weighted by Gasteiger charge is -2.33. The third-order valence-corrected chi connectivity index (χ3v) is 4.11. The number of anilines is 1. The van der Waals surface area contributed by atoms with Gasteiger partial charge < -0.3 is 19.5 Å². The number of benzene rings is 1. The van der Waals surface area contributed by atoms with Crippen LogP contribution < -0.4 is 9.64 Å². The molecule has 1 heterocycles. The summed E-state index contributed by atoms with van der Waals surface area (Å²) in [6.45, 7) is 1.77. The standard InChI is InChI=1S/C14H14F5NO4/c1-6-13(2,14(17,18)19)24-11(12(21)22)20(6)8-5-4-7(15)9(16)10(8)23-3/h4-6,11H,1-3H3,(H,21,22)/t6-,11?,13-/m1/s1. The van der Waals surface area contributed by atoms with Gasteiger partial charge in [-0.3, -0.25) is 0 Å². The summed E-state index contributed by atoms with van der Waals surface area (Å²) in [6, 6.07) is 0.0642. The number of aliphatic carboxylic acids is 1. The number of rotatable bonds is 3. The Balaban J connectivity index is 2.64. The first kappa shape index (κ1) is 18.2. The fourth-order valence-electron chi connectivity index (χ4n) is 2.58. The molecular weight excluding hydrogens is 341 g/mol. The minimum Gasteiger partial charge on any atom is -0.491 e. The summed E-state index contributed by atoms with van der Waals surface area (Å²) < 4.78 is 76.7. The van der Waals surface area contributed by atoms with Crippen LogP contribution in [0.2, 0.25) is 0 Å². The fourth-order valence-corrected chi connectivity index (χ4v) is 2.58. The zero-order chi connectivity index (χ0) is 18.4. The second-order valence-corrected chi connectivity index (χ2v) is 5.41. The van der Waals surface area contributed by atoms with E-state index in [0.29, 0.717) is 17.9 Å². The molecule has 5 nitrogen and oxygen atoms in total. The molecule has 24 heavy (non-hydrogen) atoms. The number of alkyl halides is 3. The normalized spacial score (nSPS) is 27.4. The third kappa shape index (κ3) is 2.54. The highest BCUT2D eigenvalue weighted by Gasteiger charge is 2.65. The number of carboxylic acids is 1. The van der Waals surface area contributed by atoms with Crippen LogP contribution in [0.4, 0.5) is 27.6 Å². The summed E-state index contributed by atoms with van der Waals surface area (Å²) in [4.78, 5) is 12.1. The van der Waals surface area contributed by atoms with Gasteiger partial charge in [-0.25, -0.2) is 9.18 Å². The van der Waals surface area contributed by atoms with Crippen molar-refractivity contribution in [1.82, 2.24) is 0 Å². The van der Waals surface area contributed by atoms with E-state index in [0.717, 1.165) is 20.1 Å². The summed E-state index contributed by atoms with van der Waals surface area (Å²) in [5, 5.41) is 9.21. The van der Waals surface area contributed by atoms with Crippen LogP contribution in [-0.4, -0.2) is 42.2 Å². The summed E-state index contributed by atoms with van der Waals surface area (Å²) in [5.41, 5.74) is -3.18. The van der Waals surface area contributed by atoms with E-state index in [9.17, 15) is 31.9 Å². The Morgan fingerprint density at radius 2 is 1.96 bits per heavy atom. The van der Waals surface area contributed by atoms with E-state index in [1.54, 1.807) is 0 Å². The number of hydrogen-bond donors (Lipinski definition) is 1. The zero-order valence-corrected chi connectivity index (χ0v) is 12.8. The van der Waals surface area contributed by atoms with Crippen LogP contribution in [0.25, 0.3) is 0 Å². The van der Waals surface area contributed by atoms with E-state index in [1.807, 2.05) is 0 Å². The zero-order valence-electron chi connectivity index (χ0n) is 12.8. The summed E-state index contributed by atoms with van der Waals surface area (Å²) in [5.74, 6) is -5.13. The summed E-state index contributed by atoms with van der Waals surface area (Å²) in [6.07, 6.45) is -6.94. The molecule has 0 bridgehead atoms. The van der Waals surface area contributed by atoms with E-state index in [4.69, 9.17) is 9.47 Å². The molecule has 1 aliphatic heterocycles. The average molecular weight is 355 g/mol. The SMILES string of the molecule is COc1c(N2C(C(=O)O)O[C@@](C)(C(F)(F)F)[C@H]2C)ccc(F)c1F. The molecular formula is C14H14F5NO4. The number of hydrogen-bond acceptors (Lipinski definition) is 4. The molecule has 3 atom stereocenters. The van der Waals surface area contributed by atoms with Gasteiger partial charge in [0.1, 0.15) is 0 Å². The maximum absolute atomic E-state index is 13.9. The van der Waals surface area contributed by atoms with Gasteiger partial charge in [0.05, 0.1) is 18.8 Å². The van der Waals surface area contributed by atoms with Crippen LogP contribution in [0, 0.1) is 11.6 Å². The number of carbonyl (C=O) groups is 1. The van der Waals surface area contributed by atoms with Gasteiger partial charge in [-0.15, -0.1) is 0 Å². The van der Waals surface area contributed by atoms with Crippen molar-refractivity contribution in [3.05, 3.63) is 23.8 Å². The molecule has 0 radical (unpaired) electrons. The van der Waals surface area contributed by atoms with E-state index < -0.39 is 47.4 Å². The molecule has 0 aromatic heterocycles. The monoisotopic (exact) mass is 355 g/mol. The van der Waals surface area contributed by atoms with Crippen LogP contribution in [0.15, 0.2) is 12.1 Å². The predicted molar refractivity (Wildman–Crippen MR) is 71.8 cm³/mol. The van der Waals surface area contributed by atoms with Crippen LogP contribution in [-0.2, 0) is 9.53 Å². The molecule has 1 saturated heterocycles. The van der Waals surface area contributed by atoms with E-state index in [1.165, 1.54) is 0 Å². The first-order valence-corrected chi connectivity index (χ1v) is 6.73. The van der Waals surface area contributed by atoms with Gasteiger partial charge in [0.25, 0.3) is 0 Å². The van der Waals surface area contributed by atoms with E-state index >= 15 is 0 Å². The van der Waals surface area contributed by atoms with Crippen LogP contribution in [0.5, 0.6) is 5.75 Å². The fraction of sp³-hybridized carbons (Fsp3) is 0.500. The first-order valence-electron chi connectivity index (χ1n) is 6.73. The molecule has 0 saturated carbocycles. The van der Waals surface area contributed by atoms with Gasteiger partial charge in [-0.2, -0.15) is 17.6 Å². The predicted octanol–water partition coefficient (Wildman–Crippen LogP) is 2.93. The second-order valence-electron chi connectivity index (χ2n) is 5.41. The summed E-state index contributed by atoms with van der Waals surface area (Å²) in [7, 11) is 0.988. The van der Waals surface area contributed by atoms with E-state index in [-0.39, 0.29) is 5.69 Å². The Kier molecular flexibility index (Phi) is 4.38. The molecule has 1 N–H and O–H groups in total. The molecule has 1 fully saturated rings. The van der Waals surface area contributed by atoms with Crippen molar-refractivity contribution in [3.8, 4) is 5.75 Å². The molecule has 2 rings (SSSR count). The second kappa shape index (κ2) is 5.76. The largest absolute Gasteiger partial charge is 0.491 e. The highest BCUT2D eigenvalue weighted by atomic mass is 19.4. The third-order valence-electron chi connectivity index (χ3n) is 4.11. The van der Waals surface area contributed by atoms with Gasteiger partial charge >= 0.3 is 12.1 Å². The van der Waals surface area contributed by atoms with Crippen LogP contribution in [0.3, 0.4) is 0 Å². The molecule has 10 heteroatoms. The molecule has 0 amide bonds. The Morgan fingerprint density at radius 1 is 1.38 bits per heavy atom. The minimum atomic E-state index is -4.89. The van der Waals surface area contributed by atoms with Crippen molar-refractivity contribution in [2.24, 2.45) is 0 Å². The van der Waals surface area contributed by atoms with Gasteiger partial charge in [-0.05, 0) is 26.0 Å². The van der Waals surface area contributed by atoms with E-state index in [2.05, 4.69) is 0 Å². The number of ether oxygens (including phenoxy) is 2. The minimum absolute atomic E-state index is 0.357. The lowest BCUT2D eigenvalue weighted by Crippen LogP contribution is -2.52.